The van der Waals surface area contributed by atoms with Gasteiger partial charge in [0.2, 0.25) is 0 Å². The van der Waals surface area contributed by atoms with Gasteiger partial charge in [0.15, 0.2) is 0 Å². The summed E-state index contributed by atoms with van der Waals surface area (Å²) >= 11 is 17.3. The number of hydrogen-bond acceptors (Lipinski definition) is 2. The zero-order chi connectivity index (χ0) is 13.3. The van der Waals surface area contributed by atoms with Crippen LogP contribution in [0.5, 0.6) is 0 Å². The largest absolute Gasteiger partial charge is 0.323 e. The van der Waals surface area contributed by atoms with Gasteiger partial charge in [-0.25, -0.2) is 0 Å². The Labute approximate surface area is 129 Å². The maximum atomic E-state index is 6.22. The highest BCUT2D eigenvalue weighted by atomic mass is 79.9. The molecule has 0 saturated heterocycles. The highest BCUT2D eigenvalue weighted by Gasteiger charge is 2.13. The lowest BCUT2D eigenvalue weighted by Crippen LogP contribution is -2.12. The van der Waals surface area contributed by atoms with Gasteiger partial charge in [-0.2, -0.15) is 0 Å². The van der Waals surface area contributed by atoms with Crippen molar-refractivity contribution in [2.24, 2.45) is 5.73 Å². The predicted octanol–water partition coefficient (Wildman–Crippen LogP) is 5.37. The third-order valence-corrected chi connectivity index (χ3v) is 5.56. The fourth-order valence-corrected chi connectivity index (χ4v) is 3.67. The van der Waals surface area contributed by atoms with Gasteiger partial charge in [0, 0.05) is 21.0 Å². The molecule has 0 fully saturated rings. The lowest BCUT2D eigenvalue weighted by Gasteiger charge is -2.11. The van der Waals surface area contributed by atoms with Crippen molar-refractivity contribution >= 4 is 50.5 Å². The second kappa shape index (κ2) is 5.93. The summed E-state index contributed by atoms with van der Waals surface area (Å²) in [5, 5.41) is 1.40. The summed E-state index contributed by atoms with van der Waals surface area (Å²) in [6.07, 6.45) is 0.686. The maximum absolute atomic E-state index is 6.22. The number of halogens is 3. The maximum Gasteiger partial charge on any atom is 0.0731 e. The summed E-state index contributed by atoms with van der Waals surface area (Å²) in [6.45, 7) is 2.06. The van der Waals surface area contributed by atoms with Crippen LogP contribution in [-0.2, 0) is 6.42 Å². The molecule has 2 aromatic rings. The van der Waals surface area contributed by atoms with E-state index in [0.29, 0.717) is 16.5 Å². The molecule has 2 N–H and O–H groups in total. The van der Waals surface area contributed by atoms with Crippen molar-refractivity contribution in [2.75, 3.05) is 0 Å². The summed E-state index contributed by atoms with van der Waals surface area (Å²) in [7, 11) is 0. The van der Waals surface area contributed by atoms with Gasteiger partial charge in [-0.1, -0.05) is 23.2 Å². The Morgan fingerprint density at radius 3 is 2.67 bits per heavy atom. The van der Waals surface area contributed by atoms with Crippen LogP contribution in [0.2, 0.25) is 10.0 Å². The van der Waals surface area contributed by atoms with Crippen LogP contribution in [0.3, 0.4) is 0 Å². The summed E-state index contributed by atoms with van der Waals surface area (Å²) in [5.74, 6) is 0. The highest BCUT2D eigenvalue weighted by Crippen LogP contribution is 2.33. The average molecular weight is 365 g/mol. The van der Waals surface area contributed by atoms with E-state index in [1.165, 1.54) is 5.56 Å². The number of rotatable bonds is 3. The van der Waals surface area contributed by atoms with Crippen LogP contribution >= 0.6 is 50.5 Å². The molecule has 0 aliphatic heterocycles. The first-order valence-corrected chi connectivity index (χ1v) is 7.79. The molecular formula is C13H12BrCl2NS. The minimum atomic E-state index is -0.0593. The Bertz CT molecular complexity index is 549. The minimum absolute atomic E-state index is 0.0593. The molecular weight excluding hydrogens is 353 g/mol. The Morgan fingerprint density at radius 2 is 2.06 bits per heavy atom. The van der Waals surface area contributed by atoms with Crippen LogP contribution in [0.1, 0.15) is 22.0 Å². The van der Waals surface area contributed by atoms with Gasteiger partial charge >= 0.3 is 0 Å². The molecule has 0 spiro atoms. The van der Waals surface area contributed by atoms with Crippen LogP contribution in [0.25, 0.3) is 0 Å². The molecule has 5 heteroatoms. The lowest BCUT2D eigenvalue weighted by molar-refractivity contribution is 0.736. The highest BCUT2D eigenvalue weighted by molar-refractivity contribution is 9.11. The van der Waals surface area contributed by atoms with E-state index in [9.17, 15) is 0 Å². The molecule has 0 saturated carbocycles. The van der Waals surface area contributed by atoms with Gasteiger partial charge in [0.05, 0.1) is 3.79 Å². The summed E-state index contributed by atoms with van der Waals surface area (Å²) in [6, 6.07) is 7.51. The Balaban J connectivity index is 2.20. The summed E-state index contributed by atoms with van der Waals surface area (Å²) in [5.41, 5.74) is 8.41. The van der Waals surface area contributed by atoms with Crippen LogP contribution in [0, 0.1) is 6.92 Å². The Kier molecular flexibility index (Phi) is 4.73. The molecule has 0 amide bonds. The number of aryl methyl sites for hydroxylation is 1. The van der Waals surface area contributed by atoms with Crippen molar-refractivity contribution in [1.29, 1.82) is 0 Å². The van der Waals surface area contributed by atoms with E-state index in [2.05, 4.69) is 28.9 Å². The first kappa shape index (κ1) is 14.4. The van der Waals surface area contributed by atoms with Crippen molar-refractivity contribution in [3.05, 3.63) is 54.1 Å². The van der Waals surface area contributed by atoms with Crippen molar-refractivity contribution in [2.45, 2.75) is 19.4 Å². The normalized spacial score (nSPS) is 12.7. The van der Waals surface area contributed by atoms with Crippen LogP contribution in [0.4, 0.5) is 0 Å². The monoisotopic (exact) mass is 363 g/mol. The molecule has 1 aromatic carbocycles. The Morgan fingerprint density at radius 1 is 1.33 bits per heavy atom. The second-order valence-corrected chi connectivity index (χ2v) is 7.40. The van der Waals surface area contributed by atoms with Gasteiger partial charge in [-0.15, -0.1) is 11.3 Å². The third kappa shape index (κ3) is 3.28. The van der Waals surface area contributed by atoms with E-state index in [1.54, 1.807) is 17.4 Å². The zero-order valence-corrected chi connectivity index (χ0v) is 13.6. The minimum Gasteiger partial charge on any atom is -0.323 e. The molecule has 18 heavy (non-hydrogen) atoms. The SMILES string of the molecule is Cc1cc(C(N)Cc2cc(Cl)ccc2Cl)sc1Br. The second-order valence-electron chi connectivity index (χ2n) is 4.15. The number of nitrogens with two attached hydrogens (primary N) is 1. The van der Waals surface area contributed by atoms with E-state index < -0.39 is 0 Å². The fourth-order valence-electron chi connectivity index (χ4n) is 1.70. The molecule has 1 heterocycles. The number of hydrogen-bond donors (Lipinski definition) is 1. The fraction of sp³-hybridized carbons (Fsp3) is 0.231. The smallest absolute Gasteiger partial charge is 0.0731 e. The molecule has 0 bridgehead atoms. The molecule has 1 unspecified atom stereocenters. The molecule has 1 nitrogen and oxygen atoms in total. The molecule has 0 aliphatic carbocycles. The van der Waals surface area contributed by atoms with Crippen molar-refractivity contribution in [3.63, 3.8) is 0 Å². The summed E-state index contributed by atoms with van der Waals surface area (Å²) in [4.78, 5) is 1.15. The number of thiophene rings is 1. The third-order valence-electron chi connectivity index (χ3n) is 2.69. The van der Waals surface area contributed by atoms with Crippen LogP contribution in [-0.4, -0.2) is 0 Å². The topological polar surface area (TPSA) is 26.0 Å². The Hall–Kier alpha value is -0.0600. The molecule has 0 aliphatic rings. The lowest BCUT2D eigenvalue weighted by atomic mass is 10.1. The van der Waals surface area contributed by atoms with Gasteiger partial charge < -0.3 is 5.73 Å². The van der Waals surface area contributed by atoms with Crippen molar-refractivity contribution in [3.8, 4) is 0 Å². The average Bonchev–Trinajstić information content (AvgIpc) is 2.64. The quantitative estimate of drug-likeness (QED) is 0.778. The number of benzene rings is 1. The molecule has 1 atom stereocenters. The van der Waals surface area contributed by atoms with Gasteiger partial charge in [-0.3, -0.25) is 0 Å². The van der Waals surface area contributed by atoms with E-state index >= 15 is 0 Å². The first-order valence-electron chi connectivity index (χ1n) is 5.42. The van der Waals surface area contributed by atoms with Crippen molar-refractivity contribution in [1.82, 2.24) is 0 Å². The van der Waals surface area contributed by atoms with E-state index in [4.69, 9.17) is 28.9 Å². The van der Waals surface area contributed by atoms with E-state index in [0.717, 1.165) is 14.2 Å². The van der Waals surface area contributed by atoms with E-state index in [1.807, 2.05) is 12.1 Å². The predicted molar refractivity (Wildman–Crippen MR) is 83.9 cm³/mol. The van der Waals surface area contributed by atoms with Crippen LogP contribution in [0.15, 0.2) is 28.1 Å². The van der Waals surface area contributed by atoms with Crippen LogP contribution < -0.4 is 5.73 Å². The van der Waals surface area contributed by atoms with Gasteiger partial charge in [-0.05, 0) is 64.7 Å². The molecule has 2 rings (SSSR count). The van der Waals surface area contributed by atoms with E-state index in [-0.39, 0.29) is 6.04 Å². The summed E-state index contributed by atoms with van der Waals surface area (Å²) < 4.78 is 1.13. The first-order chi connectivity index (χ1) is 8.47. The molecule has 0 radical (unpaired) electrons. The van der Waals surface area contributed by atoms with Gasteiger partial charge in [0.1, 0.15) is 0 Å². The zero-order valence-electron chi connectivity index (χ0n) is 9.71. The molecule has 96 valence electrons. The molecule has 1 aromatic heterocycles. The van der Waals surface area contributed by atoms with Gasteiger partial charge in [0.25, 0.3) is 0 Å². The van der Waals surface area contributed by atoms with Crippen molar-refractivity contribution < 1.29 is 0 Å². The standard InChI is InChI=1S/C13H12BrCl2NS/c1-7-4-12(18-13(7)14)11(17)6-8-5-9(15)2-3-10(8)16/h2-5,11H,6,17H2,1H3.